The molecule has 0 bridgehead atoms. The number of hydrogen-bond acceptors (Lipinski definition) is 6. The maximum absolute atomic E-state index is 13.1. The lowest BCUT2D eigenvalue weighted by Gasteiger charge is -2.38. The number of methoxy groups -OCH3 is 1. The van der Waals surface area contributed by atoms with E-state index >= 15 is 0 Å². The number of nitrogens with zero attached hydrogens (tertiary/aromatic N) is 1. The highest BCUT2D eigenvalue weighted by molar-refractivity contribution is 5.98. The maximum atomic E-state index is 13.1. The first-order valence-corrected chi connectivity index (χ1v) is 10.1. The lowest BCUT2D eigenvalue weighted by atomic mass is 9.77. The first-order valence-electron chi connectivity index (χ1n) is 10.1. The smallest absolute Gasteiger partial charge is 0.300 e. The Morgan fingerprint density at radius 3 is 2.50 bits per heavy atom. The summed E-state index contributed by atoms with van der Waals surface area (Å²) >= 11 is 0. The van der Waals surface area contributed by atoms with Crippen LogP contribution in [0.4, 0.5) is 0 Å². The van der Waals surface area contributed by atoms with Gasteiger partial charge >= 0.3 is 0 Å². The van der Waals surface area contributed by atoms with Crippen LogP contribution in [0.5, 0.6) is 11.5 Å². The molecule has 2 saturated heterocycles. The predicted molar refractivity (Wildman–Crippen MR) is 111 cm³/mol. The molecule has 9 heteroatoms. The molecule has 2 fully saturated rings. The number of carbonyl (C=O) groups excluding carboxylic acids is 2. The number of carbonyl (C=O) groups is 3. The molecule has 1 aromatic rings. The second-order valence-electron chi connectivity index (χ2n) is 7.59. The Morgan fingerprint density at radius 1 is 1.30 bits per heavy atom. The third-order valence-corrected chi connectivity index (χ3v) is 5.33. The number of piperidine rings is 1. The van der Waals surface area contributed by atoms with Gasteiger partial charge in [-0.1, -0.05) is 6.07 Å². The second kappa shape index (κ2) is 10.8. The van der Waals surface area contributed by atoms with Crippen LogP contribution < -0.4 is 20.5 Å². The minimum absolute atomic E-state index is 0.0166. The molecule has 3 rings (SSSR count). The zero-order valence-electron chi connectivity index (χ0n) is 17.6. The Labute approximate surface area is 176 Å². The number of nitrogens with two attached hydrogens (primary N) is 1. The third kappa shape index (κ3) is 6.09. The zero-order chi connectivity index (χ0) is 22.1. The zero-order valence-corrected chi connectivity index (χ0v) is 17.6. The van der Waals surface area contributed by atoms with Crippen LogP contribution >= 0.6 is 0 Å². The fraction of sp³-hybridized carbons (Fsp3) is 0.571. The number of rotatable bonds is 6. The standard InChI is InChI=1S/C19H27N3O4.C2H4O2/c1-25-15-5-2-4-14(17(15)26-11-3-8-20)18(24)22-9-6-19(7-10-22)12-16(23)21-13-19;1-2(3)4/h2,4-5H,3,6-13,20H2,1H3,(H,21,23);1H3,(H,3,4). The van der Waals surface area contributed by atoms with Crippen LogP contribution in [-0.4, -0.2) is 67.7 Å². The van der Waals surface area contributed by atoms with Gasteiger partial charge in [-0.25, -0.2) is 0 Å². The fourth-order valence-corrected chi connectivity index (χ4v) is 3.71. The van der Waals surface area contributed by atoms with Gasteiger partial charge in [0.25, 0.3) is 11.9 Å². The van der Waals surface area contributed by atoms with Crippen molar-refractivity contribution in [1.82, 2.24) is 10.2 Å². The molecular formula is C21H31N3O6. The topological polar surface area (TPSA) is 131 Å². The average Bonchev–Trinajstić information content (AvgIpc) is 3.08. The first kappa shape index (κ1) is 23.5. The number of para-hydroxylation sites is 1. The Kier molecular flexibility index (Phi) is 8.46. The van der Waals surface area contributed by atoms with Crippen molar-refractivity contribution in [1.29, 1.82) is 0 Å². The van der Waals surface area contributed by atoms with Gasteiger partial charge in [-0.05, 0) is 43.4 Å². The molecule has 2 aliphatic rings. The summed E-state index contributed by atoms with van der Waals surface area (Å²) in [4.78, 5) is 35.5. The molecule has 0 radical (unpaired) electrons. The Hall–Kier alpha value is -2.81. The largest absolute Gasteiger partial charge is 0.493 e. The average molecular weight is 421 g/mol. The number of likely N-dealkylation sites (tertiary alicyclic amines) is 1. The number of benzene rings is 1. The van der Waals surface area contributed by atoms with E-state index in [9.17, 15) is 9.59 Å². The van der Waals surface area contributed by atoms with E-state index in [1.165, 1.54) is 0 Å². The number of carboxylic acid groups (broad SMARTS) is 1. The summed E-state index contributed by atoms with van der Waals surface area (Å²) in [5.74, 6) is 0.255. The van der Waals surface area contributed by atoms with E-state index in [0.717, 1.165) is 26.3 Å². The van der Waals surface area contributed by atoms with Crippen molar-refractivity contribution in [2.45, 2.75) is 32.6 Å². The summed E-state index contributed by atoms with van der Waals surface area (Å²) in [6, 6.07) is 5.36. The molecule has 9 nitrogen and oxygen atoms in total. The predicted octanol–water partition coefficient (Wildman–Crippen LogP) is 1.26. The first-order chi connectivity index (χ1) is 14.3. The molecule has 2 aliphatic heterocycles. The minimum atomic E-state index is -0.833. The normalized spacial score (nSPS) is 17.0. The van der Waals surface area contributed by atoms with Crippen molar-refractivity contribution in [2.75, 3.05) is 39.9 Å². The fourth-order valence-electron chi connectivity index (χ4n) is 3.71. The lowest BCUT2D eigenvalue weighted by molar-refractivity contribution is -0.134. The molecule has 0 aromatic heterocycles. The highest BCUT2D eigenvalue weighted by atomic mass is 16.5. The molecular weight excluding hydrogens is 390 g/mol. The van der Waals surface area contributed by atoms with E-state index in [1.807, 2.05) is 4.90 Å². The summed E-state index contributed by atoms with van der Waals surface area (Å²) < 4.78 is 11.2. The molecule has 30 heavy (non-hydrogen) atoms. The van der Waals surface area contributed by atoms with Crippen LogP contribution in [0.2, 0.25) is 0 Å². The van der Waals surface area contributed by atoms with Gasteiger partial charge in [0.1, 0.15) is 0 Å². The molecule has 0 saturated carbocycles. The lowest BCUT2D eigenvalue weighted by Crippen LogP contribution is -2.44. The molecule has 0 atom stereocenters. The van der Waals surface area contributed by atoms with Gasteiger partial charge in [0, 0.05) is 33.0 Å². The molecule has 1 spiro atoms. The van der Waals surface area contributed by atoms with Crippen LogP contribution in [0.3, 0.4) is 0 Å². The second-order valence-corrected chi connectivity index (χ2v) is 7.59. The van der Waals surface area contributed by atoms with E-state index in [2.05, 4.69) is 5.32 Å². The number of amides is 2. The number of aliphatic carboxylic acids is 1. The molecule has 166 valence electrons. The van der Waals surface area contributed by atoms with E-state index in [0.29, 0.717) is 56.1 Å². The SMILES string of the molecule is CC(=O)O.COc1cccc(C(=O)N2CCC3(CC2)CNC(=O)C3)c1OCCCN. The quantitative estimate of drug-likeness (QED) is 0.589. The summed E-state index contributed by atoms with van der Waals surface area (Å²) in [5, 5.41) is 10.3. The Balaban J connectivity index is 0.000000735. The van der Waals surface area contributed by atoms with Crippen LogP contribution in [0.25, 0.3) is 0 Å². The molecule has 1 aromatic carbocycles. The number of ether oxygens (including phenoxy) is 2. The third-order valence-electron chi connectivity index (χ3n) is 5.33. The van der Waals surface area contributed by atoms with Crippen molar-refractivity contribution in [3.8, 4) is 11.5 Å². The maximum Gasteiger partial charge on any atom is 0.300 e. The van der Waals surface area contributed by atoms with Gasteiger partial charge in [-0.15, -0.1) is 0 Å². The van der Waals surface area contributed by atoms with E-state index < -0.39 is 5.97 Å². The van der Waals surface area contributed by atoms with Gasteiger partial charge in [0.05, 0.1) is 19.3 Å². The van der Waals surface area contributed by atoms with E-state index in [4.69, 9.17) is 25.1 Å². The van der Waals surface area contributed by atoms with Crippen molar-refractivity contribution < 1.29 is 29.0 Å². The number of carboxylic acids is 1. The number of nitrogens with one attached hydrogen (secondary N) is 1. The summed E-state index contributed by atoms with van der Waals surface area (Å²) in [6.45, 7) is 4.06. The van der Waals surface area contributed by atoms with Crippen LogP contribution in [0.1, 0.15) is 43.0 Å². The molecule has 0 aliphatic carbocycles. The van der Waals surface area contributed by atoms with Gasteiger partial charge in [0.15, 0.2) is 11.5 Å². The van der Waals surface area contributed by atoms with E-state index in [-0.39, 0.29) is 17.2 Å². The summed E-state index contributed by atoms with van der Waals surface area (Å²) in [6.07, 6.45) is 2.95. The van der Waals surface area contributed by atoms with E-state index in [1.54, 1.807) is 25.3 Å². The van der Waals surface area contributed by atoms with Crippen molar-refractivity contribution in [3.05, 3.63) is 23.8 Å². The minimum Gasteiger partial charge on any atom is -0.493 e. The van der Waals surface area contributed by atoms with Gasteiger partial charge in [-0.3, -0.25) is 14.4 Å². The van der Waals surface area contributed by atoms with Crippen LogP contribution in [0.15, 0.2) is 18.2 Å². The summed E-state index contributed by atoms with van der Waals surface area (Å²) in [7, 11) is 1.56. The highest BCUT2D eigenvalue weighted by Crippen LogP contribution is 2.39. The Morgan fingerprint density at radius 2 is 1.97 bits per heavy atom. The molecule has 0 unspecified atom stereocenters. The van der Waals surface area contributed by atoms with Gasteiger partial charge < -0.3 is 30.5 Å². The monoisotopic (exact) mass is 421 g/mol. The molecule has 2 heterocycles. The van der Waals surface area contributed by atoms with Crippen LogP contribution in [-0.2, 0) is 9.59 Å². The van der Waals surface area contributed by atoms with Crippen molar-refractivity contribution in [2.24, 2.45) is 11.1 Å². The highest BCUT2D eigenvalue weighted by Gasteiger charge is 2.42. The number of hydrogen-bond donors (Lipinski definition) is 3. The molecule has 2 amide bonds. The van der Waals surface area contributed by atoms with Crippen molar-refractivity contribution >= 4 is 17.8 Å². The van der Waals surface area contributed by atoms with Gasteiger partial charge in [-0.2, -0.15) is 0 Å². The van der Waals surface area contributed by atoms with Crippen molar-refractivity contribution in [3.63, 3.8) is 0 Å². The van der Waals surface area contributed by atoms with Gasteiger partial charge in [0.2, 0.25) is 5.91 Å². The molecule has 4 N–H and O–H groups in total. The Bertz CT molecular complexity index is 755. The van der Waals surface area contributed by atoms with Crippen LogP contribution in [0, 0.1) is 5.41 Å². The summed E-state index contributed by atoms with van der Waals surface area (Å²) in [5.41, 5.74) is 6.06.